The summed E-state index contributed by atoms with van der Waals surface area (Å²) in [6.07, 6.45) is 4.75. The molecule has 0 atom stereocenters. The van der Waals surface area contributed by atoms with E-state index in [9.17, 15) is 9.18 Å². The number of amides is 1. The highest BCUT2D eigenvalue weighted by molar-refractivity contribution is 6.05. The molecule has 0 saturated heterocycles. The van der Waals surface area contributed by atoms with Crippen molar-refractivity contribution in [2.45, 2.75) is 12.8 Å². The molecule has 1 aliphatic heterocycles. The van der Waals surface area contributed by atoms with Gasteiger partial charge in [-0.15, -0.1) is 0 Å². The van der Waals surface area contributed by atoms with Gasteiger partial charge in [0, 0.05) is 12.2 Å². The Balaban J connectivity index is 1.54. The van der Waals surface area contributed by atoms with Crippen LogP contribution in [0.3, 0.4) is 0 Å². The van der Waals surface area contributed by atoms with Crippen LogP contribution in [0.25, 0.3) is 0 Å². The second kappa shape index (κ2) is 6.92. The van der Waals surface area contributed by atoms with Gasteiger partial charge in [0.2, 0.25) is 0 Å². The van der Waals surface area contributed by atoms with E-state index in [1.807, 2.05) is 24.3 Å². The Morgan fingerprint density at radius 2 is 1.85 bits per heavy atom. The summed E-state index contributed by atoms with van der Waals surface area (Å²) in [7, 11) is 0. The van der Waals surface area contributed by atoms with Crippen molar-refractivity contribution in [3.8, 4) is 0 Å². The van der Waals surface area contributed by atoms with Crippen LogP contribution in [-0.4, -0.2) is 22.4 Å². The maximum absolute atomic E-state index is 13.7. The highest BCUT2D eigenvalue weighted by Crippen LogP contribution is 2.27. The first kappa shape index (κ1) is 16.2. The summed E-state index contributed by atoms with van der Waals surface area (Å²) in [5, 5.41) is 2.86. The Bertz CT molecular complexity index is 943. The number of fused-ring (bicyclic) bond motifs is 1. The SMILES string of the molecule is O=C(c1cnc(Nc2ccccc2F)cn1)N1CCCc2ccccc21. The largest absolute Gasteiger partial charge is 0.337 e. The zero-order valence-corrected chi connectivity index (χ0v) is 14.0. The lowest BCUT2D eigenvalue weighted by atomic mass is 10.0. The highest BCUT2D eigenvalue weighted by atomic mass is 19.1. The van der Waals surface area contributed by atoms with Gasteiger partial charge in [-0.05, 0) is 36.6 Å². The van der Waals surface area contributed by atoms with Crippen molar-refractivity contribution >= 4 is 23.1 Å². The molecule has 1 N–H and O–H groups in total. The molecule has 0 spiro atoms. The number of hydrogen-bond acceptors (Lipinski definition) is 4. The van der Waals surface area contributed by atoms with Gasteiger partial charge in [-0.3, -0.25) is 4.79 Å². The van der Waals surface area contributed by atoms with Crippen molar-refractivity contribution in [2.75, 3.05) is 16.8 Å². The Kier molecular flexibility index (Phi) is 4.31. The average Bonchev–Trinajstić information content (AvgIpc) is 2.69. The second-order valence-corrected chi connectivity index (χ2v) is 6.08. The van der Waals surface area contributed by atoms with Crippen LogP contribution in [0.5, 0.6) is 0 Å². The number of para-hydroxylation sites is 2. The van der Waals surface area contributed by atoms with Gasteiger partial charge >= 0.3 is 0 Å². The summed E-state index contributed by atoms with van der Waals surface area (Å²) >= 11 is 0. The number of nitrogens with zero attached hydrogens (tertiary/aromatic N) is 3. The van der Waals surface area contributed by atoms with Gasteiger partial charge in [0.1, 0.15) is 17.3 Å². The molecular formula is C20H17FN4O. The van der Waals surface area contributed by atoms with E-state index in [2.05, 4.69) is 15.3 Å². The fourth-order valence-corrected chi connectivity index (χ4v) is 3.09. The molecule has 0 saturated carbocycles. The van der Waals surface area contributed by atoms with Crippen molar-refractivity contribution in [1.29, 1.82) is 0 Å². The predicted molar refractivity (Wildman–Crippen MR) is 98.2 cm³/mol. The number of hydrogen-bond donors (Lipinski definition) is 1. The van der Waals surface area contributed by atoms with Gasteiger partial charge in [-0.2, -0.15) is 0 Å². The first-order valence-corrected chi connectivity index (χ1v) is 8.46. The van der Waals surface area contributed by atoms with Gasteiger partial charge < -0.3 is 10.2 Å². The summed E-state index contributed by atoms with van der Waals surface area (Å²) < 4.78 is 13.7. The van der Waals surface area contributed by atoms with E-state index in [0.717, 1.165) is 24.1 Å². The summed E-state index contributed by atoms with van der Waals surface area (Å²) in [6, 6.07) is 14.2. The van der Waals surface area contributed by atoms with Gasteiger partial charge in [-0.25, -0.2) is 14.4 Å². The molecule has 0 unspecified atom stereocenters. The summed E-state index contributed by atoms with van der Waals surface area (Å²) in [5.41, 5.74) is 2.67. The van der Waals surface area contributed by atoms with Gasteiger partial charge in [0.15, 0.2) is 0 Å². The molecule has 0 aliphatic carbocycles. The van der Waals surface area contributed by atoms with Crippen LogP contribution in [0, 0.1) is 5.82 Å². The molecule has 26 heavy (non-hydrogen) atoms. The molecule has 0 bridgehead atoms. The van der Waals surface area contributed by atoms with Crippen LogP contribution in [0.1, 0.15) is 22.5 Å². The van der Waals surface area contributed by atoms with Gasteiger partial charge in [-0.1, -0.05) is 30.3 Å². The highest BCUT2D eigenvalue weighted by Gasteiger charge is 2.24. The van der Waals surface area contributed by atoms with E-state index in [1.165, 1.54) is 18.5 Å². The first-order chi connectivity index (χ1) is 12.7. The minimum Gasteiger partial charge on any atom is -0.337 e. The van der Waals surface area contributed by atoms with E-state index < -0.39 is 0 Å². The number of nitrogens with one attached hydrogen (secondary N) is 1. The van der Waals surface area contributed by atoms with E-state index in [0.29, 0.717) is 18.1 Å². The van der Waals surface area contributed by atoms with E-state index in [1.54, 1.807) is 23.1 Å². The third-order valence-electron chi connectivity index (χ3n) is 4.36. The lowest BCUT2D eigenvalue weighted by Crippen LogP contribution is -2.36. The molecule has 2 aromatic carbocycles. The van der Waals surface area contributed by atoms with E-state index in [-0.39, 0.29) is 17.4 Å². The fraction of sp³-hybridized carbons (Fsp3) is 0.150. The van der Waals surface area contributed by atoms with Gasteiger partial charge in [0.25, 0.3) is 5.91 Å². The Labute approximate surface area is 150 Å². The molecular weight excluding hydrogens is 331 g/mol. The smallest absolute Gasteiger partial charge is 0.278 e. The molecule has 0 radical (unpaired) electrons. The number of aryl methyl sites for hydroxylation is 1. The summed E-state index contributed by atoms with van der Waals surface area (Å²) in [5.74, 6) is -0.174. The molecule has 3 aromatic rings. The van der Waals surface area contributed by atoms with Crippen molar-refractivity contribution in [3.05, 3.63) is 78.0 Å². The number of carbonyl (C=O) groups is 1. The van der Waals surface area contributed by atoms with Crippen LogP contribution in [0.15, 0.2) is 60.9 Å². The number of aromatic nitrogens is 2. The Hall–Kier alpha value is -3.28. The summed E-state index contributed by atoms with van der Waals surface area (Å²) in [4.78, 5) is 23.0. The fourth-order valence-electron chi connectivity index (χ4n) is 3.09. The van der Waals surface area contributed by atoms with Crippen molar-refractivity contribution in [2.24, 2.45) is 0 Å². The third-order valence-corrected chi connectivity index (χ3v) is 4.36. The van der Waals surface area contributed by atoms with Crippen LogP contribution < -0.4 is 10.2 Å². The number of carbonyl (C=O) groups excluding carboxylic acids is 1. The van der Waals surface area contributed by atoms with E-state index in [4.69, 9.17) is 0 Å². The summed E-state index contributed by atoms with van der Waals surface area (Å²) in [6.45, 7) is 0.659. The molecule has 1 amide bonds. The van der Waals surface area contributed by atoms with Crippen molar-refractivity contribution in [3.63, 3.8) is 0 Å². The first-order valence-electron chi connectivity index (χ1n) is 8.46. The second-order valence-electron chi connectivity index (χ2n) is 6.08. The van der Waals surface area contributed by atoms with Crippen LogP contribution in [-0.2, 0) is 6.42 Å². The van der Waals surface area contributed by atoms with Crippen LogP contribution >= 0.6 is 0 Å². The molecule has 130 valence electrons. The molecule has 1 aromatic heterocycles. The molecule has 2 heterocycles. The lowest BCUT2D eigenvalue weighted by Gasteiger charge is -2.29. The molecule has 6 heteroatoms. The minimum atomic E-state index is -0.376. The molecule has 4 rings (SSSR count). The maximum atomic E-state index is 13.7. The Morgan fingerprint density at radius 1 is 1.04 bits per heavy atom. The van der Waals surface area contributed by atoms with Crippen molar-refractivity contribution < 1.29 is 9.18 Å². The normalized spacial score (nSPS) is 13.2. The predicted octanol–water partition coefficient (Wildman–Crippen LogP) is 3.95. The zero-order chi connectivity index (χ0) is 17.9. The van der Waals surface area contributed by atoms with Crippen LogP contribution in [0.4, 0.5) is 21.6 Å². The zero-order valence-electron chi connectivity index (χ0n) is 14.0. The lowest BCUT2D eigenvalue weighted by molar-refractivity contribution is 0.0980. The number of halogens is 1. The molecule has 0 fully saturated rings. The van der Waals surface area contributed by atoms with E-state index >= 15 is 0 Å². The maximum Gasteiger partial charge on any atom is 0.278 e. The van der Waals surface area contributed by atoms with Gasteiger partial charge in [0.05, 0.1) is 18.1 Å². The standard InChI is InChI=1S/C20H17FN4O/c21-15-8-2-3-9-16(15)24-19-13-22-17(12-23-19)20(26)25-11-5-7-14-6-1-4-10-18(14)25/h1-4,6,8-10,12-13H,5,7,11H2,(H,23,24). The average molecular weight is 348 g/mol. The third kappa shape index (κ3) is 3.13. The number of benzene rings is 2. The van der Waals surface area contributed by atoms with Crippen LogP contribution in [0.2, 0.25) is 0 Å². The molecule has 1 aliphatic rings. The minimum absolute atomic E-state index is 0.179. The topological polar surface area (TPSA) is 58.1 Å². The number of anilines is 3. The molecule has 5 nitrogen and oxygen atoms in total. The monoisotopic (exact) mass is 348 g/mol. The number of rotatable bonds is 3. The quantitative estimate of drug-likeness (QED) is 0.779. The van der Waals surface area contributed by atoms with Crippen molar-refractivity contribution in [1.82, 2.24) is 9.97 Å². The Morgan fingerprint density at radius 3 is 2.65 bits per heavy atom.